The molecule has 0 aliphatic heterocycles. The predicted octanol–water partition coefficient (Wildman–Crippen LogP) is 11.2. The van der Waals surface area contributed by atoms with Crippen LogP contribution < -0.4 is 0 Å². The molecule has 0 N–H and O–H groups in total. The SMILES string of the molecule is CC(C)(C)c1ccc(Br)o1.CC(C)(C)c1ccccn1.CC(C)(C)c1ccco1.Cc1ccc(C(C)(C)C)o1. The lowest BCUT2D eigenvalue weighted by atomic mass is 9.92. The van der Waals surface area contributed by atoms with Gasteiger partial charge in [-0.15, -0.1) is 0 Å². The van der Waals surface area contributed by atoms with Gasteiger partial charge in [0.1, 0.15) is 23.0 Å². The van der Waals surface area contributed by atoms with Gasteiger partial charge in [0, 0.05) is 33.6 Å². The number of hydrogen-bond donors (Lipinski definition) is 0. The minimum absolute atomic E-state index is 0.117. The highest BCUT2D eigenvalue weighted by Gasteiger charge is 2.18. The number of aromatic nitrogens is 1. The van der Waals surface area contributed by atoms with Gasteiger partial charge < -0.3 is 13.3 Å². The Morgan fingerprint density at radius 1 is 0.564 bits per heavy atom. The molecule has 0 fully saturated rings. The van der Waals surface area contributed by atoms with Gasteiger partial charge in [-0.2, -0.15) is 0 Å². The van der Waals surface area contributed by atoms with E-state index in [0.29, 0.717) is 0 Å². The average molecular weight is 601 g/mol. The molecule has 4 nitrogen and oxygen atoms in total. The molecule has 0 atom stereocenters. The third kappa shape index (κ3) is 13.4. The quantitative estimate of drug-likeness (QED) is 0.201. The number of hydrogen-bond acceptors (Lipinski definition) is 4. The van der Waals surface area contributed by atoms with E-state index in [9.17, 15) is 0 Å². The standard InChI is InChI=1S/C9H13N.C9H14O.C8H11BrO.C8H12O/c1-9(2,3)8-6-4-5-7-10-8;1-7-5-6-8(10-7)9(2,3)4;1-8(2,3)6-4-5-7(9)10-6;1-8(2,3)7-5-4-6-9-7/h4-7H,1-3H3;5-6H,1-4H3;4-5H,1-3H3;4-6H,1-3H3. The first-order valence-corrected chi connectivity index (χ1v) is 14.3. The van der Waals surface area contributed by atoms with Crippen molar-refractivity contribution in [2.24, 2.45) is 0 Å². The molecule has 0 saturated carbocycles. The summed E-state index contributed by atoms with van der Waals surface area (Å²) >= 11 is 3.26. The fraction of sp³-hybridized carbons (Fsp3) is 0.500. The molecule has 5 heteroatoms. The Hall–Kier alpha value is -2.53. The minimum atomic E-state index is 0.117. The molecule has 4 heterocycles. The van der Waals surface area contributed by atoms with E-state index in [1.165, 1.54) is 0 Å². The first-order chi connectivity index (χ1) is 17.7. The van der Waals surface area contributed by atoms with Gasteiger partial charge in [0.25, 0.3) is 0 Å². The highest BCUT2D eigenvalue weighted by Crippen LogP contribution is 2.26. The molecule has 39 heavy (non-hydrogen) atoms. The van der Waals surface area contributed by atoms with E-state index in [1.807, 2.05) is 61.7 Å². The largest absolute Gasteiger partial charge is 0.469 e. The highest BCUT2D eigenvalue weighted by molar-refractivity contribution is 9.10. The molecule has 0 aromatic carbocycles. The van der Waals surface area contributed by atoms with Crippen LogP contribution in [0.5, 0.6) is 0 Å². The molecule has 0 amide bonds. The third-order valence-electron chi connectivity index (χ3n) is 5.49. The van der Waals surface area contributed by atoms with Crippen LogP contribution in [0.2, 0.25) is 0 Å². The zero-order valence-electron chi connectivity index (χ0n) is 26.4. The van der Waals surface area contributed by atoms with Crippen molar-refractivity contribution in [3.05, 3.63) is 100 Å². The number of pyridine rings is 1. The Morgan fingerprint density at radius 3 is 1.33 bits per heavy atom. The monoisotopic (exact) mass is 599 g/mol. The summed E-state index contributed by atoms with van der Waals surface area (Å²) in [7, 11) is 0. The Morgan fingerprint density at radius 2 is 1.10 bits per heavy atom. The molecule has 4 aromatic rings. The maximum atomic E-state index is 5.45. The van der Waals surface area contributed by atoms with Gasteiger partial charge in [0.2, 0.25) is 0 Å². The van der Waals surface area contributed by atoms with Crippen LogP contribution in [0.15, 0.2) is 85.0 Å². The number of rotatable bonds is 0. The third-order valence-corrected chi connectivity index (χ3v) is 5.91. The molecular weight excluding hydrogens is 550 g/mol. The molecule has 216 valence electrons. The summed E-state index contributed by atoms with van der Waals surface area (Å²) in [4.78, 5) is 4.25. The van der Waals surface area contributed by atoms with Gasteiger partial charge in [0.05, 0.1) is 6.26 Å². The Labute approximate surface area is 245 Å². The maximum Gasteiger partial charge on any atom is 0.169 e. The first kappa shape index (κ1) is 34.5. The van der Waals surface area contributed by atoms with Crippen molar-refractivity contribution < 1.29 is 13.3 Å². The van der Waals surface area contributed by atoms with Gasteiger partial charge in [-0.3, -0.25) is 4.98 Å². The van der Waals surface area contributed by atoms with Crippen molar-refractivity contribution in [1.82, 2.24) is 4.98 Å². The average Bonchev–Trinajstić information content (AvgIpc) is 3.56. The van der Waals surface area contributed by atoms with Crippen molar-refractivity contribution in [2.45, 2.75) is 112 Å². The zero-order valence-corrected chi connectivity index (χ0v) is 28.0. The smallest absolute Gasteiger partial charge is 0.169 e. The van der Waals surface area contributed by atoms with E-state index in [1.54, 1.807) is 6.26 Å². The van der Waals surface area contributed by atoms with Crippen LogP contribution in [0.3, 0.4) is 0 Å². The van der Waals surface area contributed by atoms with E-state index in [-0.39, 0.29) is 21.7 Å². The summed E-state index contributed by atoms with van der Waals surface area (Å²) in [6.07, 6.45) is 3.54. The topological polar surface area (TPSA) is 52.3 Å². The van der Waals surface area contributed by atoms with E-state index in [0.717, 1.165) is 33.4 Å². The lowest BCUT2D eigenvalue weighted by molar-refractivity contribution is 0.395. The van der Waals surface area contributed by atoms with Crippen LogP contribution in [-0.2, 0) is 21.7 Å². The van der Waals surface area contributed by atoms with Crippen LogP contribution in [0.25, 0.3) is 0 Å². The van der Waals surface area contributed by atoms with Crippen LogP contribution in [0.4, 0.5) is 0 Å². The minimum Gasteiger partial charge on any atom is -0.469 e. The molecule has 4 rings (SSSR count). The number of aryl methyl sites for hydroxylation is 1. The molecule has 0 aliphatic carbocycles. The Balaban J connectivity index is 0.000000260. The number of furan rings is 3. The van der Waals surface area contributed by atoms with E-state index in [2.05, 4.69) is 110 Å². The second-order valence-electron chi connectivity index (χ2n) is 13.7. The van der Waals surface area contributed by atoms with Crippen molar-refractivity contribution in [3.63, 3.8) is 0 Å². The summed E-state index contributed by atoms with van der Waals surface area (Å²) in [6, 6.07) is 17.9. The molecule has 4 aromatic heterocycles. The number of halogens is 1. The molecular formula is C34H50BrNO3. The Bertz CT molecular complexity index is 1140. The lowest BCUT2D eigenvalue weighted by Gasteiger charge is -2.16. The predicted molar refractivity (Wildman–Crippen MR) is 168 cm³/mol. The fourth-order valence-electron chi connectivity index (χ4n) is 3.07. The zero-order chi connectivity index (χ0) is 30.1. The summed E-state index contributed by atoms with van der Waals surface area (Å²) in [5.41, 5.74) is 1.75. The Kier molecular flexibility index (Phi) is 12.6. The van der Waals surface area contributed by atoms with Gasteiger partial charge >= 0.3 is 0 Å². The first-order valence-electron chi connectivity index (χ1n) is 13.5. The second kappa shape index (κ2) is 14.2. The van der Waals surface area contributed by atoms with Gasteiger partial charge in [0.15, 0.2) is 4.67 Å². The fourth-order valence-corrected chi connectivity index (χ4v) is 3.37. The van der Waals surface area contributed by atoms with Crippen molar-refractivity contribution in [1.29, 1.82) is 0 Å². The molecule has 0 saturated heterocycles. The van der Waals surface area contributed by atoms with E-state index in [4.69, 9.17) is 13.3 Å². The summed E-state index contributed by atoms with van der Waals surface area (Å²) in [5, 5.41) is 0. The van der Waals surface area contributed by atoms with Crippen LogP contribution >= 0.6 is 15.9 Å². The summed E-state index contributed by atoms with van der Waals surface area (Å²) in [6.45, 7) is 27.6. The number of nitrogens with zero attached hydrogens (tertiary/aromatic N) is 1. The van der Waals surface area contributed by atoms with Gasteiger partial charge in [-0.25, -0.2) is 0 Å². The molecule has 0 unspecified atom stereocenters. The van der Waals surface area contributed by atoms with Crippen LogP contribution in [0, 0.1) is 6.92 Å². The highest BCUT2D eigenvalue weighted by atomic mass is 79.9. The molecule has 0 spiro atoms. The maximum absolute atomic E-state index is 5.45. The molecule has 0 aliphatic rings. The molecule has 0 bridgehead atoms. The van der Waals surface area contributed by atoms with Crippen molar-refractivity contribution >= 4 is 15.9 Å². The normalized spacial score (nSPS) is 11.8. The van der Waals surface area contributed by atoms with Gasteiger partial charge in [-0.05, 0) is 71.4 Å². The van der Waals surface area contributed by atoms with Crippen LogP contribution in [-0.4, -0.2) is 4.98 Å². The summed E-state index contributed by atoms with van der Waals surface area (Å²) in [5.74, 6) is 4.11. The lowest BCUT2D eigenvalue weighted by Crippen LogP contribution is -2.12. The van der Waals surface area contributed by atoms with Gasteiger partial charge in [-0.1, -0.05) is 89.2 Å². The van der Waals surface area contributed by atoms with E-state index >= 15 is 0 Å². The van der Waals surface area contributed by atoms with Crippen molar-refractivity contribution in [2.75, 3.05) is 0 Å². The van der Waals surface area contributed by atoms with Crippen LogP contribution in [0.1, 0.15) is 112 Å². The van der Waals surface area contributed by atoms with Crippen molar-refractivity contribution in [3.8, 4) is 0 Å². The summed E-state index contributed by atoms with van der Waals surface area (Å²) < 4.78 is 16.8. The van der Waals surface area contributed by atoms with E-state index < -0.39 is 0 Å². The second-order valence-corrected chi connectivity index (χ2v) is 14.5. The molecule has 0 radical (unpaired) electrons.